The van der Waals surface area contributed by atoms with Gasteiger partial charge in [0.1, 0.15) is 5.75 Å². The van der Waals surface area contributed by atoms with Crippen molar-refractivity contribution < 1.29 is 19.1 Å². The first kappa shape index (κ1) is 19.4. The van der Waals surface area contributed by atoms with Crippen LogP contribution < -0.4 is 10.1 Å². The minimum Gasteiger partial charge on any atom is -0.496 e. The Balaban J connectivity index is 1.68. The second-order valence-electron chi connectivity index (χ2n) is 6.41. The van der Waals surface area contributed by atoms with Crippen LogP contribution in [0.2, 0.25) is 0 Å². The monoisotopic (exact) mass is 378 g/mol. The second kappa shape index (κ2) is 8.52. The van der Waals surface area contributed by atoms with Crippen molar-refractivity contribution >= 4 is 22.8 Å². The number of nitrogens with one attached hydrogen (secondary N) is 1. The normalized spacial score (nSPS) is 11.7. The Morgan fingerprint density at radius 1 is 1.11 bits per heavy atom. The van der Waals surface area contributed by atoms with E-state index in [-0.39, 0.29) is 12.5 Å². The molecule has 3 rings (SSSR count). The molecule has 1 aromatic heterocycles. The average molecular weight is 378 g/mol. The zero-order chi connectivity index (χ0) is 20.1. The number of amides is 1. The number of aryl methyl sites for hydroxylation is 1. The molecule has 6 nitrogen and oxygen atoms in total. The molecule has 1 unspecified atom stereocenters. The maximum Gasteiger partial charge on any atom is 0.339 e. The summed E-state index contributed by atoms with van der Waals surface area (Å²) < 4.78 is 10.7. The lowest BCUT2D eigenvalue weighted by atomic mass is 10.1. The third kappa shape index (κ3) is 4.28. The summed E-state index contributed by atoms with van der Waals surface area (Å²) in [6.45, 7) is 3.64. The molecule has 0 fully saturated rings. The number of carbonyl (C=O) groups excluding carboxylic acids is 2. The van der Waals surface area contributed by atoms with E-state index in [4.69, 9.17) is 9.47 Å². The number of methoxy groups -OCH3 is 1. The molecule has 3 aromatic rings. The zero-order valence-electron chi connectivity index (χ0n) is 16.1. The fraction of sp³-hybridized carbons (Fsp3) is 0.227. The molecule has 28 heavy (non-hydrogen) atoms. The highest BCUT2D eigenvalue weighted by atomic mass is 16.5. The third-order valence-electron chi connectivity index (χ3n) is 4.36. The van der Waals surface area contributed by atoms with Crippen LogP contribution in [0.4, 0.5) is 0 Å². The standard InChI is InChI=1S/C22H22N2O4/c1-14-12-18(17-9-5-6-10-19(17)24-14)22(26)28-15(2)21(25)23-13-16-8-4-7-11-20(16)27-3/h4-12,15H,13H2,1-3H3,(H,23,25). The molecule has 0 aliphatic heterocycles. The summed E-state index contributed by atoms with van der Waals surface area (Å²) in [5.74, 6) is -0.248. The molecule has 1 heterocycles. The summed E-state index contributed by atoms with van der Waals surface area (Å²) in [4.78, 5) is 29.4. The second-order valence-corrected chi connectivity index (χ2v) is 6.41. The molecule has 1 atom stereocenters. The van der Waals surface area contributed by atoms with Gasteiger partial charge in [-0.3, -0.25) is 9.78 Å². The van der Waals surface area contributed by atoms with Gasteiger partial charge in [0.2, 0.25) is 0 Å². The van der Waals surface area contributed by atoms with Gasteiger partial charge in [-0.2, -0.15) is 0 Å². The molecule has 0 saturated carbocycles. The van der Waals surface area contributed by atoms with E-state index in [9.17, 15) is 9.59 Å². The Bertz CT molecular complexity index is 1020. The van der Waals surface area contributed by atoms with Crippen LogP contribution in [-0.4, -0.2) is 30.1 Å². The highest BCUT2D eigenvalue weighted by Gasteiger charge is 2.21. The van der Waals surface area contributed by atoms with Gasteiger partial charge in [0.15, 0.2) is 6.10 Å². The van der Waals surface area contributed by atoms with Crippen molar-refractivity contribution in [3.8, 4) is 5.75 Å². The van der Waals surface area contributed by atoms with E-state index in [0.717, 1.165) is 5.56 Å². The lowest BCUT2D eigenvalue weighted by Crippen LogP contribution is -2.35. The fourth-order valence-corrected chi connectivity index (χ4v) is 2.93. The molecule has 0 radical (unpaired) electrons. The first-order chi connectivity index (χ1) is 13.5. The van der Waals surface area contributed by atoms with Crippen LogP contribution in [0.25, 0.3) is 10.9 Å². The first-order valence-electron chi connectivity index (χ1n) is 8.96. The summed E-state index contributed by atoms with van der Waals surface area (Å²) >= 11 is 0. The summed E-state index contributed by atoms with van der Waals surface area (Å²) in [6.07, 6.45) is -0.936. The molecule has 1 N–H and O–H groups in total. The molecule has 6 heteroatoms. The van der Waals surface area contributed by atoms with E-state index in [0.29, 0.717) is 27.9 Å². The highest BCUT2D eigenvalue weighted by molar-refractivity contribution is 6.04. The fourth-order valence-electron chi connectivity index (χ4n) is 2.93. The van der Waals surface area contributed by atoms with Crippen molar-refractivity contribution in [1.82, 2.24) is 10.3 Å². The van der Waals surface area contributed by atoms with Gasteiger partial charge in [-0.05, 0) is 32.0 Å². The number of hydrogen-bond donors (Lipinski definition) is 1. The Kier molecular flexibility index (Phi) is 5.89. The number of fused-ring (bicyclic) bond motifs is 1. The van der Waals surface area contributed by atoms with Crippen molar-refractivity contribution in [3.05, 3.63) is 71.4 Å². The van der Waals surface area contributed by atoms with E-state index in [2.05, 4.69) is 10.3 Å². The minimum atomic E-state index is -0.936. The number of hydrogen-bond acceptors (Lipinski definition) is 5. The summed E-state index contributed by atoms with van der Waals surface area (Å²) in [5.41, 5.74) is 2.65. The van der Waals surface area contributed by atoms with Crippen LogP contribution in [0.15, 0.2) is 54.6 Å². The zero-order valence-corrected chi connectivity index (χ0v) is 16.1. The maximum absolute atomic E-state index is 12.7. The topological polar surface area (TPSA) is 77.5 Å². The lowest BCUT2D eigenvalue weighted by Gasteiger charge is -2.15. The quantitative estimate of drug-likeness (QED) is 0.665. The number of rotatable bonds is 6. The van der Waals surface area contributed by atoms with Crippen LogP contribution in [0.5, 0.6) is 5.75 Å². The van der Waals surface area contributed by atoms with Crippen molar-refractivity contribution in [2.24, 2.45) is 0 Å². The minimum absolute atomic E-state index is 0.280. The van der Waals surface area contributed by atoms with Gasteiger partial charge in [-0.15, -0.1) is 0 Å². The summed E-state index contributed by atoms with van der Waals surface area (Å²) in [6, 6.07) is 16.4. The predicted molar refractivity (Wildman–Crippen MR) is 106 cm³/mol. The maximum atomic E-state index is 12.7. The Morgan fingerprint density at radius 2 is 1.82 bits per heavy atom. The van der Waals surface area contributed by atoms with Gasteiger partial charge in [-0.1, -0.05) is 36.4 Å². The number of benzene rings is 2. The van der Waals surface area contributed by atoms with Crippen LogP contribution in [0.1, 0.15) is 28.5 Å². The molecule has 0 spiro atoms. The SMILES string of the molecule is COc1ccccc1CNC(=O)C(C)OC(=O)c1cc(C)nc2ccccc12. The molecule has 0 saturated heterocycles. The van der Waals surface area contributed by atoms with Crippen LogP contribution in [0, 0.1) is 6.92 Å². The molecular weight excluding hydrogens is 356 g/mol. The summed E-state index contributed by atoms with van der Waals surface area (Å²) in [5, 5.41) is 3.46. The van der Waals surface area contributed by atoms with Crippen LogP contribution >= 0.6 is 0 Å². The van der Waals surface area contributed by atoms with Gasteiger partial charge < -0.3 is 14.8 Å². The molecule has 1 amide bonds. The highest BCUT2D eigenvalue weighted by Crippen LogP contribution is 2.20. The number of aromatic nitrogens is 1. The number of ether oxygens (including phenoxy) is 2. The largest absolute Gasteiger partial charge is 0.496 e. The van der Waals surface area contributed by atoms with Crippen LogP contribution in [0.3, 0.4) is 0 Å². The summed E-state index contributed by atoms with van der Waals surface area (Å²) in [7, 11) is 1.58. The van der Waals surface area contributed by atoms with Gasteiger partial charge >= 0.3 is 5.97 Å². The van der Waals surface area contributed by atoms with Crippen LogP contribution in [-0.2, 0) is 16.1 Å². The number of nitrogens with zero attached hydrogens (tertiary/aromatic N) is 1. The Morgan fingerprint density at radius 3 is 2.61 bits per heavy atom. The van der Waals surface area contributed by atoms with E-state index in [1.807, 2.05) is 55.5 Å². The molecule has 0 aliphatic rings. The van der Waals surface area contributed by atoms with E-state index < -0.39 is 12.1 Å². The number of esters is 1. The van der Waals surface area contributed by atoms with E-state index >= 15 is 0 Å². The molecular formula is C22H22N2O4. The number of para-hydroxylation sites is 2. The Labute approximate surface area is 163 Å². The van der Waals surface area contributed by atoms with Crippen molar-refractivity contribution in [3.63, 3.8) is 0 Å². The third-order valence-corrected chi connectivity index (χ3v) is 4.36. The number of pyridine rings is 1. The molecule has 0 bridgehead atoms. The first-order valence-corrected chi connectivity index (χ1v) is 8.96. The van der Waals surface area contributed by atoms with Crippen molar-refractivity contribution in [2.75, 3.05) is 7.11 Å². The average Bonchev–Trinajstić information content (AvgIpc) is 2.71. The van der Waals surface area contributed by atoms with Gasteiger partial charge in [0.05, 0.1) is 18.2 Å². The van der Waals surface area contributed by atoms with Crippen molar-refractivity contribution in [1.29, 1.82) is 0 Å². The number of carbonyl (C=O) groups is 2. The predicted octanol–water partition coefficient (Wildman–Crippen LogP) is 3.41. The van der Waals surface area contributed by atoms with Gasteiger partial charge in [0.25, 0.3) is 5.91 Å². The van der Waals surface area contributed by atoms with E-state index in [1.54, 1.807) is 20.1 Å². The molecule has 2 aromatic carbocycles. The molecule has 0 aliphatic carbocycles. The Hall–Kier alpha value is -3.41. The molecule has 144 valence electrons. The van der Waals surface area contributed by atoms with Crippen molar-refractivity contribution in [2.45, 2.75) is 26.5 Å². The lowest BCUT2D eigenvalue weighted by molar-refractivity contribution is -0.129. The van der Waals surface area contributed by atoms with Gasteiger partial charge in [0, 0.05) is 23.2 Å². The van der Waals surface area contributed by atoms with Gasteiger partial charge in [-0.25, -0.2) is 4.79 Å². The van der Waals surface area contributed by atoms with E-state index in [1.165, 1.54) is 0 Å². The smallest absolute Gasteiger partial charge is 0.339 e.